The molecule has 0 spiro atoms. The highest BCUT2D eigenvalue weighted by Crippen LogP contribution is 2.29. The maximum absolute atomic E-state index is 12.9. The quantitative estimate of drug-likeness (QED) is 0.614. The van der Waals surface area contributed by atoms with Gasteiger partial charge in [0.25, 0.3) is 5.91 Å². The number of piperidine rings is 1. The monoisotopic (exact) mass is 434 g/mol. The van der Waals surface area contributed by atoms with Crippen LogP contribution in [-0.4, -0.2) is 55.5 Å². The van der Waals surface area contributed by atoms with Crippen molar-refractivity contribution in [2.75, 3.05) is 39.8 Å². The lowest BCUT2D eigenvalue weighted by atomic mass is 9.96. The van der Waals surface area contributed by atoms with Crippen LogP contribution in [0.15, 0.2) is 54.6 Å². The van der Waals surface area contributed by atoms with E-state index in [9.17, 15) is 18.0 Å². The fourth-order valence-corrected chi connectivity index (χ4v) is 3.84. The summed E-state index contributed by atoms with van der Waals surface area (Å²) in [6.45, 7) is 3.25. The van der Waals surface area contributed by atoms with Gasteiger partial charge in [-0.1, -0.05) is 36.4 Å². The standard InChI is InChI=1S/C24H29F3N2O2/c1-28(23(30)18-31-22-8-3-2-4-9-22)17-20-11-14-29(15-12-20)13-10-19-6-5-7-21(16-19)24(25,26)27/h2-9,16,20H,10-15,17-18H2,1H3. The van der Waals surface area contributed by atoms with Crippen molar-refractivity contribution in [1.29, 1.82) is 0 Å². The van der Waals surface area contributed by atoms with Gasteiger partial charge < -0.3 is 14.5 Å². The van der Waals surface area contributed by atoms with Gasteiger partial charge in [-0.25, -0.2) is 0 Å². The molecule has 168 valence electrons. The van der Waals surface area contributed by atoms with Crippen molar-refractivity contribution in [3.63, 3.8) is 0 Å². The van der Waals surface area contributed by atoms with Crippen LogP contribution in [0.4, 0.5) is 13.2 Å². The molecule has 1 amide bonds. The van der Waals surface area contributed by atoms with Gasteiger partial charge in [-0.3, -0.25) is 4.79 Å². The Labute approximate surface area is 181 Å². The number of ether oxygens (including phenoxy) is 1. The van der Waals surface area contributed by atoms with Crippen molar-refractivity contribution in [3.05, 3.63) is 65.7 Å². The van der Waals surface area contributed by atoms with Crippen LogP contribution in [0.25, 0.3) is 0 Å². The summed E-state index contributed by atoms with van der Waals surface area (Å²) in [6.07, 6.45) is -1.76. The van der Waals surface area contributed by atoms with E-state index >= 15 is 0 Å². The molecule has 0 atom stereocenters. The van der Waals surface area contributed by atoms with E-state index in [1.807, 2.05) is 30.3 Å². The number of carbonyl (C=O) groups excluding carboxylic acids is 1. The molecule has 1 aliphatic rings. The van der Waals surface area contributed by atoms with Gasteiger partial charge in [0.2, 0.25) is 0 Å². The number of likely N-dealkylation sites (tertiary alicyclic amines) is 1. The number of hydrogen-bond donors (Lipinski definition) is 0. The molecular weight excluding hydrogens is 405 g/mol. The van der Waals surface area contributed by atoms with Crippen molar-refractivity contribution in [2.45, 2.75) is 25.4 Å². The average molecular weight is 435 g/mol. The number of nitrogens with zero attached hydrogens (tertiary/aromatic N) is 2. The number of amides is 1. The summed E-state index contributed by atoms with van der Waals surface area (Å²) in [5.41, 5.74) is 0.119. The summed E-state index contributed by atoms with van der Waals surface area (Å²) in [5.74, 6) is 1.06. The number of carbonyl (C=O) groups is 1. The minimum absolute atomic E-state index is 0.0242. The summed E-state index contributed by atoms with van der Waals surface area (Å²) in [5, 5.41) is 0. The highest BCUT2D eigenvalue weighted by Gasteiger charge is 2.30. The van der Waals surface area contributed by atoms with E-state index in [4.69, 9.17) is 4.74 Å². The molecule has 7 heteroatoms. The second-order valence-electron chi connectivity index (χ2n) is 8.11. The molecule has 0 unspecified atom stereocenters. The van der Waals surface area contributed by atoms with Crippen LogP contribution in [-0.2, 0) is 17.4 Å². The van der Waals surface area contributed by atoms with E-state index in [0.29, 0.717) is 30.2 Å². The number of rotatable bonds is 8. The summed E-state index contributed by atoms with van der Waals surface area (Å²) in [6, 6.07) is 14.8. The Bertz CT molecular complexity index is 834. The predicted molar refractivity (Wildman–Crippen MR) is 114 cm³/mol. The second-order valence-corrected chi connectivity index (χ2v) is 8.11. The third-order valence-electron chi connectivity index (χ3n) is 5.74. The largest absolute Gasteiger partial charge is 0.484 e. The lowest BCUT2D eigenvalue weighted by Gasteiger charge is -2.34. The predicted octanol–water partition coefficient (Wildman–Crippen LogP) is 4.50. The Hall–Kier alpha value is -2.54. The number of likely N-dealkylation sites (N-methyl/N-ethyl adjacent to an activating group) is 1. The zero-order valence-corrected chi connectivity index (χ0v) is 17.8. The Morgan fingerprint density at radius 3 is 2.48 bits per heavy atom. The zero-order valence-electron chi connectivity index (χ0n) is 17.8. The van der Waals surface area contributed by atoms with E-state index in [-0.39, 0.29) is 12.5 Å². The van der Waals surface area contributed by atoms with Gasteiger partial charge in [-0.05, 0) is 62.0 Å². The number of hydrogen-bond acceptors (Lipinski definition) is 3. The van der Waals surface area contributed by atoms with Gasteiger partial charge >= 0.3 is 6.18 Å². The molecule has 2 aromatic rings. The SMILES string of the molecule is CN(CC1CCN(CCc2cccc(C(F)(F)F)c2)CC1)C(=O)COc1ccccc1. The molecule has 1 saturated heterocycles. The van der Waals surface area contributed by atoms with Gasteiger partial charge in [0.15, 0.2) is 6.61 Å². The van der Waals surface area contributed by atoms with E-state index in [2.05, 4.69) is 4.90 Å². The number of benzene rings is 2. The smallest absolute Gasteiger partial charge is 0.416 e. The summed E-state index contributed by atoms with van der Waals surface area (Å²) in [4.78, 5) is 16.3. The molecule has 2 aromatic carbocycles. The Morgan fingerprint density at radius 2 is 1.81 bits per heavy atom. The van der Waals surface area contributed by atoms with Crippen molar-refractivity contribution in [1.82, 2.24) is 9.80 Å². The minimum Gasteiger partial charge on any atom is -0.484 e. The first-order valence-corrected chi connectivity index (χ1v) is 10.6. The Morgan fingerprint density at radius 1 is 1.10 bits per heavy atom. The minimum atomic E-state index is -4.30. The third-order valence-corrected chi connectivity index (χ3v) is 5.74. The molecule has 0 saturated carbocycles. The van der Waals surface area contributed by atoms with Crippen LogP contribution < -0.4 is 4.74 Å². The van der Waals surface area contributed by atoms with Gasteiger partial charge in [0.05, 0.1) is 5.56 Å². The second kappa shape index (κ2) is 10.7. The van der Waals surface area contributed by atoms with Crippen molar-refractivity contribution >= 4 is 5.91 Å². The van der Waals surface area contributed by atoms with Gasteiger partial charge in [-0.2, -0.15) is 13.2 Å². The molecular formula is C24H29F3N2O2. The molecule has 0 bridgehead atoms. The Balaban J connectivity index is 1.37. The molecule has 1 heterocycles. The highest BCUT2D eigenvalue weighted by atomic mass is 19.4. The lowest BCUT2D eigenvalue weighted by molar-refractivity contribution is -0.137. The maximum atomic E-state index is 12.9. The van der Waals surface area contributed by atoms with Crippen molar-refractivity contribution in [2.24, 2.45) is 5.92 Å². The average Bonchev–Trinajstić information content (AvgIpc) is 2.77. The Kier molecular flexibility index (Phi) is 7.96. The van der Waals surface area contributed by atoms with Gasteiger partial charge in [0.1, 0.15) is 5.75 Å². The van der Waals surface area contributed by atoms with E-state index in [1.165, 1.54) is 12.1 Å². The lowest BCUT2D eigenvalue weighted by Crippen LogP contribution is -2.41. The van der Waals surface area contributed by atoms with E-state index in [0.717, 1.165) is 38.5 Å². The van der Waals surface area contributed by atoms with Crippen LogP contribution >= 0.6 is 0 Å². The molecule has 1 fully saturated rings. The summed E-state index contributed by atoms with van der Waals surface area (Å²) in [7, 11) is 1.80. The number of halogens is 3. The molecule has 0 aromatic heterocycles. The first kappa shape index (κ1) is 23.1. The number of alkyl halides is 3. The van der Waals surface area contributed by atoms with Gasteiger partial charge in [-0.15, -0.1) is 0 Å². The maximum Gasteiger partial charge on any atom is 0.416 e. The molecule has 4 nitrogen and oxygen atoms in total. The number of para-hydroxylation sites is 1. The first-order valence-electron chi connectivity index (χ1n) is 10.6. The summed E-state index contributed by atoms with van der Waals surface area (Å²) >= 11 is 0. The topological polar surface area (TPSA) is 32.8 Å². The molecule has 0 aliphatic carbocycles. The highest BCUT2D eigenvalue weighted by molar-refractivity contribution is 5.77. The van der Waals surface area contributed by atoms with Gasteiger partial charge in [0, 0.05) is 20.1 Å². The molecule has 0 radical (unpaired) electrons. The molecule has 0 N–H and O–H groups in total. The van der Waals surface area contributed by atoms with Crippen LogP contribution in [0.2, 0.25) is 0 Å². The van der Waals surface area contributed by atoms with Crippen LogP contribution in [0.5, 0.6) is 5.75 Å². The van der Waals surface area contributed by atoms with E-state index in [1.54, 1.807) is 18.0 Å². The third kappa shape index (κ3) is 7.28. The van der Waals surface area contributed by atoms with E-state index < -0.39 is 11.7 Å². The molecule has 1 aliphatic heterocycles. The molecule has 3 rings (SSSR count). The fraction of sp³-hybridized carbons (Fsp3) is 0.458. The van der Waals surface area contributed by atoms with Crippen molar-refractivity contribution < 1.29 is 22.7 Å². The van der Waals surface area contributed by atoms with Crippen molar-refractivity contribution in [3.8, 4) is 5.75 Å². The first-order chi connectivity index (χ1) is 14.8. The van der Waals surface area contributed by atoms with Crippen LogP contribution in [0, 0.1) is 5.92 Å². The zero-order chi connectivity index (χ0) is 22.3. The van der Waals surface area contributed by atoms with Crippen LogP contribution in [0.1, 0.15) is 24.0 Å². The van der Waals surface area contributed by atoms with Crippen LogP contribution in [0.3, 0.4) is 0 Å². The fourth-order valence-electron chi connectivity index (χ4n) is 3.84. The normalized spacial score (nSPS) is 15.6. The molecule has 31 heavy (non-hydrogen) atoms. The summed E-state index contributed by atoms with van der Waals surface area (Å²) < 4.78 is 44.1.